The molecule has 2 rings (SSSR count). The van der Waals surface area contributed by atoms with Crippen LogP contribution in [0.4, 0.5) is 4.79 Å². The van der Waals surface area contributed by atoms with Gasteiger partial charge in [0.2, 0.25) is 0 Å². The maximum absolute atomic E-state index is 10.8. The molecular weight excluding hydrogens is 142 g/mol. The smallest absolute Gasteiger partial charge is 0.407 e. The van der Waals surface area contributed by atoms with Crippen molar-refractivity contribution in [3.63, 3.8) is 0 Å². The average molecular weight is 155 g/mol. The number of hydrogen-bond acceptors (Lipinski definition) is 2. The zero-order chi connectivity index (χ0) is 7.90. The largest absolute Gasteiger partial charge is 0.441 e. The Morgan fingerprint density at radius 1 is 1.73 bits per heavy atom. The Morgan fingerprint density at radius 3 is 2.82 bits per heavy atom. The van der Waals surface area contributed by atoms with E-state index >= 15 is 0 Å². The lowest BCUT2D eigenvalue weighted by atomic mass is 9.95. The van der Waals surface area contributed by atoms with Gasteiger partial charge in [-0.25, -0.2) is 4.79 Å². The van der Waals surface area contributed by atoms with Crippen LogP contribution in [0.5, 0.6) is 0 Å². The molecule has 1 N–H and O–H groups in total. The summed E-state index contributed by atoms with van der Waals surface area (Å²) in [5.74, 6) is 0.631. The van der Waals surface area contributed by atoms with E-state index in [1.54, 1.807) is 0 Å². The second kappa shape index (κ2) is 2.13. The van der Waals surface area contributed by atoms with E-state index in [4.69, 9.17) is 4.74 Å². The van der Waals surface area contributed by atoms with Gasteiger partial charge in [0, 0.05) is 5.92 Å². The van der Waals surface area contributed by atoms with E-state index in [9.17, 15) is 4.79 Å². The molecule has 1 heterocycles. The Morgan fingerprint density at radius 2 is 2.45 bits per heavy atom. The van der Waals surface area contributed by atoms with Crippen molar-refractivity contribution in [1.29, 1.82) is 0 Å². The van der Waals surface area contributed by atoms with Gasteiger partial charge in [-0.15, -0.1) is 0 Å². The van der Waals surface area contributed by atoms with Crippen LogP contribution in [0.2, 0.25) is 0 Å². The lowest BCUT2D eigenvalue weighted by Gasteiger charge is -2.23. The summed E-state index contributed by atoms with van der Waals surface area (Å²) >= 11 is 0. The predicted molar refractivity (Wildman–Crippen MR) is 40.2 cm³/mol. The van der Waals surface area contributed by atoms with Crippen LogP contribution in [0.1, 0.15) is 26.2 Å². The van der Waals surface area contributed by atoms with Gasteiger partial charge in [0.25, 0.3) is 0 Å². The number of nitrogens with one attached hydrogen (secondary N) is 1. The minimum absolute atomic E-state index is 0.142. The van der Waals surface area contributed by atoms with Crippen LogP contribution in [0.25, 0.3) is 0 Å². The summed E-state index contributed by atoms with van der Waals surface area (Å²) < 4.78 is 5.27. The summed E-state index contributed by atoms with van der Waals surface area (Å²) in [5.41, 5.74) is -0.142. The number of alkyl carbamates (subject to hydrolysis) is 1. The lowest BCUT2D eigenvalue weighted by molar-refractivity contribution is 0.0349. The molecule has 1 atom stereocenters. The Balaban J connectivity index is 2.10. The van der Waals surface area contributed by atoms with E-state index in [2.05, 4.69) is 12.2 Å². The molecule has 0 aromatic carbocycles. The highest BCUT2D eigenvalue weighted by Gasteiger charge is 2.50. The van der Waals surface area contributed by atoms with E-state index in [1.165, 1.54) is 12.8 Å². The summed E-state index contributed by atoms with van der Waals surface area (Å²) in [7, 11) is 0. The molecule has 0 radical (unpaired) electrons. The topological polar surface area (TPSA) is 38.3 Å². The second-order valence-corrected chi connectivity index (χ2v) is 3.44. The Bertz CT molecular complexity index is 189. The molecule has 1 saturated heterocycles. The fourth-order valence-corrected chi connectivity index (χ4v) is 1.80. The molecular formula is C8H13NO2. The normalized spacial score (nSPS) is 36.6. The monoisotopic (exact) mass is 155 g/mol. The first kappa shape index (κ1) is 6.95. The molecule has 11 heavy (non-hydrogen) atoms. The van der Waals surface area contributed by atoms with Crippen molar-refractivity contribution in [1.82, 2.24) is 5.32 Å². The lowest BCUT2D eigenvalue weighted by Crippen LogP contribution is -2.34. The minimum Gasteiger partial charge on any atom is -0.441 e. The summed E-state index contributed by atoms with van der Waals surface area (Å²) in [4.78, 5) is 10.8. The first-order chi connectivity index (χ1) is 5.27. The van der Waals surface area contributed by atoms with Crippen molar-refractivity contribution in [3.05, 3.63) is 0 Å². The first-order valence-corrected chi connectivity index (χ1v) is 4.24. The molecule has 0 aromatic heterocycles. The summed E-state index contributed by atoms with van der Waals surface area (Å²) in [6, 6.07) is 0. The third kappa shape index (κ3) is 0.988. The molecule has 62 valence electrons. The van der Waals surface area contributed by atoms with Gasteiger partial charge in [0.15, 0.2) is 0 Å². The molecule has 1 aliphatic heterocycles. The maximum Gasteiger partial charge on any atom is 0.407 e. The molecule has 0 spiro atoms. The summed E-state index contributed by atoms with van der Waals surface area (Å²) in [6.07, 6.45) is 3.15. The van der Waals surface area contributed by atoms with Gasteiger partial charge in [-0.1, -0.05) is 6.92 Å². The van der Waals surface area contributed by atoms with Crippen LogP contribution in [0.3, 0.4) is 0 Å². The molecule has 2 aliphatic rings. The van der Waals surface area contributed by atoms with Crippen LogP contribution in [0, 0.1) is 5.92 Å². The molecule has 1 unspecified atom stereocenters. The summed E-state index contributed by atoms with van der Waals surface area (Å²) in [6.45, 7) is 2.80. The Kier molecular flexibility index (Phi) is 1.34. The van der Waals surface area contributed by atoms with E-state index < -0.39 is 0 Å². The third-order valence-corrected chi connectivity index (χ3v) is 2.75. The SMILES string of the molecule is CCC1(C2CC2)CNC(=O)O1. The first-order valence-electron chi connectivity index (χ1n) is 4.24. The molecule has 0 aromatic rings. The van der Waals surface area contributed by atoms with Gasteiger partial charge in [0.1, 0.15) is 5.60 Å². The van der Waals surface area contributed by atoms with Crippen molar-refractivity contribution in [2.24, 2.45) is 5.92 Å². The fourth-order valence-electron chi connectivity index (χ4n) is 1.80. The zero-order valence-electron chi connectivity index (χ0n) is 6.72. The molecule has 3 heteroatoms. The third-order valence-electron chi connectivity index (χ3n) is 2.75. The van der Waals surface area contributed by atoms with Crippen molar-refractivity contribution >= 4 is 6.09 Å². The van der Waals surface area contributed by atoms with Gasteiger partial charge >= 0.3 is 6.09 Å². The van der Waals surface area contributed by atoms with Crippen LogP contribution in [0.15, 0.2) is 0 Å². The second-order valence-electron chi connectivity index (χ2n) is 3.44. The van der Waals surface area contributed by atoms with Crippen molar-refractivity contribution < 1.29 is 9.53 Å². The van der Waals surface area contributed by atoms with Gasteiger partial charge in [-0.05, 0) is 19.3 Å². The molecule has 0 bridgehead atoms. The number of amides is 1. The molecule has 1 saturated carbocycles. The number of ether oxygens (including phenoxy) is 1. The van der Waals surface area contributed by atoms with Crippen molar-refractivity contribution in [3.8, 4) is 0 Å². The van der Waals surface area contributed by atoms with E-state index in [0.29, 0.717) is 12.5 Å². The quantitative estimate of drug-likeness (QED) is 0.652. The van der Waals surface area contributed by atoms with E-state index in [-0.39, 0.29) is 11.7 Å². The van der Waals surface area contributed by atoms with Crippen LogP contribution >= 0.6 is 0 Å². The standard InChI is InChI=1S/C8H13NO2/c1-2-8(6-3-4-6)5-9-7(10)11-8/h6H,2-5H2,1H3,(H,9,10). The number of carbonyl (C=O) groups excluding carboxylic acids is 1. The molecule has 2 fully saturated rings. The number of rotatable bonds is 2. The van der Waals surface area contributed by atoms with E-state index in [1.807, 2.05) is 0 Å². The van der Waals surface area contributed by atoms with Gasteiger partial charge < -0.3 is 10.1 Å². The minimum atomic E-state index is -0.237. The highest BCUT2D eigenvalue weighted by atomic mass is 16.6. The fraction of sp³-hybridized carbons (Fsp3) is 0.875. The van der Waals surface area contributed by atoms with Crippen LogP contribution in [-0.4, -0.2) is 18.2 Å². The molecule has 3 nitrogen and oxygen atoms in total. The molecule has 1 amide bonds. The van der Waals surface area contributed by atoms with Gasteiger partial charge in [0.05, 0.1) is 6.54 Å². The maximum atomic E-state index is 10.8. The van der Waals surface area contributed by atoms with Gasteiger partial charge in [-0.3, -0.25) is 0 Å². The Labute approximate surface area is 66.1 Å². The number of carbonyl (C=O) groups is 1. The number of hydrogen-bond donors (Lipinski definition) is 1. The van der Waals surface area contributed by atoms with Crippen molar-refractivity contribution in [2.75, 3.05) is 6.54 Å². The zero-order valence-corrected chi connectivity index (χ0v) is 6.72. The Hall–Kier alpha value is -0.730. The van der Waals surface area contributed by atoms with Crippen LogP contribution in [-0.2, 0) is 4.74 Å². The van der Waals surface area contributed by atoms with Crippen LogP contribution < -0.4 is 5.32 Å². The summed E-state index contributed by atoms with van der Waals surface area (Å²) in [5, 5.41) is 2.72. The van der Waals surface area contributed by atoms with Gasteiger partial charge in [-0.2, -0.15) is 0 Å². The molecule has 1 aliphatic carbocycles. The van der Waals surface area contributed by atoms with Crippen molar-refractivity contribution in [2.45, 2.75) is 31.8 Å². The average Bonchev–Trinajstić information content (AvgIpc) is 2.77. The predicted octanol–water partition coefficient (Wildman–Crippen LogP) is 1.28. The van der Waals surface area contributed by atoms with E-state index in [0.717, 1.165) is 6.42 Å². The highest BCUT2D eigenvalue weighted by Crippen LogP contribution is 2.45. The highest BCUT2D eigenvalue weighted by molar-refractivity contribution is 5.70. The number of cyclic esters (lactones) is 1.